The Labute approximate surface area is 102 Å². The molecule has 1 saturated carbocycles. The van der Waals surface area contributed by atoms with Gasteiger partial charge in [0.25, 0.3) is 0 Å². The fourth-order valence-corrected chi connectivity index (χ4v) is 1.45. The number of carbonyl (C=O) groups is 1. The quantitative estimate of drug-likeness (QED) is 0.773. The van der Waals surface area contributed by atoms with Crippen molar-refractivity contribution in [2.45, 2.75) is 26.7 Å². The van der Waals surface area contributed by atoms with Crippen LogP contribution in [0.3, 0.4) is 0 Å². The van der Waals surface area contributed by atoms with E-state index in [1.807, 2.05) is 24.3 Å². The molecular formula is C15H17NO. The van der Waals surface area contributed by atoms with Gasteiger partial charge in [-0.05, 0) is 37.1 Å². The van der Waals surface area contributed by atoms with Crippen molar-refractivity contribution < 1.29 is 4.79 Å². The molecule has 0 saturated heterocycles. The topological polar surface area (TPSA) is 29.1 Å². The third kappa shape index (κ3) is 3.64. The second-order valence-electron chi connectivity index (χ2n) is 4.76. The maximum absolute atomic E-state index is 11.5. The van der Waals surface area contributed by atoms with Crippen molar-refractivity contribution in [2.75, 3.05) is 5.32 Å². The zero-order valence-corrected chi connectivity index (χ0v) is 10.3. The molecule has 1 aliphatic carbocycles. The Balaban J connectivity index is 1.98. The molecule has 1 amide bonds. The Morgan fingerprint density at radius 3 is 2.47 bits per heavy atom. The van der Waals surface area contributed by atoms with Gasteiger partial charge in [-0.1, -0.05) is 25.7 Å². The normalized spacial score (nSPS) is 14.1. The second-order valence-corrected chi connectivity index (χ2v) is 4.76. The minimum absolute atomic E-state index is 0.144. The maximum atomic E-state index is 11.5. The number of rotatable bonds is 2. The molecule has 0 spiro atoms. The Morgan fingerprint density at radius 2 is 1.94 bits per heavy atom. The van der Waals surface area contributed by atoms with Crippen LogP contribution in [-0.2, 0) is 4.79 Å². The van der Waals surface area contributed by atoms with Crippen molar-refractivity contribution in [1.82, 2.24) is 0 Å². The third-order valence-corrected chi connectivity index (χ3v) is 2.61. The van der Waals surface area contributed by atoms with E-state index in [0.717, 1.165) is 24.1 Å². The molecular weight excluding hydrogens is 210 g/mol. The fourth-order valence-electron chi connectivity index (χ4n) is 1.45. The van der Waals surface area contributed by atoms with Crippen LogP contribution in [0.5, 0.6) is 0 Å². The number of nitrogens with one attached hydrogen (secondary N) is 1. The van der Waals surface area contributed by atoms with Gasteiger partial charge in [-0.25, -0.2) is 0 Å². The number of anilines is 1. The summed E-state index contributed by atoms with van der Waals surface area (Å²) in [5.41, 5.74) is 1.85. The van der Waals surface area contributed by atoms with E-state index < -0.39 is 0 Å². The molecule has 0 atom stereocenters. The van der Waals surface area contributed by atoms with Gasteiger partial charge in [0.2, 0.25) is 5.91 Å². The van der Waals surface area contributed by atoms with Crippen molar-refractivity contribution in [3.8, 4) is 11.8 Å². The van der Waals surface area contributed by atoms with Crippen LogP contribution in [0.15, 0.2) is 24.3 Å². The third-order valence-electron chi connectivity index (χ3n) is 2.61. The summed E-state index contributed by atoms with van der Waals surface area (Å²) in [5, 5.41) is 2.91. The van der Waals surface area contributed by atoms with E-state index in [9.17, 15) is 4.79 Å². The summed E-state index contributed by atoms with van der Waals surface area (Å²) >= 11 is 0. The summed E-state index contributed by atoms with van der Waals surface area (Å²) in [6.07, 6.45) is 2.06. The lowest BCUT2D eigenvalue weighted by atomic mass is 10.1. The first kappa shape index (κ1) is 11.7. The van der Waals surface area contributed by atoms with Crippen LogP contribution in [-0.4, -0.2) is 5.91 Å². The predicted molar refractivity (Wildman–Crippen MR) is 69.5 cm³/mol. The molecule has 0 heterocycles. The molecule has 2 heteroatoms. The van der Waals surface area contributed by atoms with E-state index in [-0.39, 0.29) is 11.8 Å². The molecule has 1 aliphatic rings. The molecule has 1 aromatic rings. The zero-order valence-electron chi connectivity index (χ0n) is 10.3. The van der Waals surface area contributed by atoms with Crippen molar-refractivity contribution in [3.05, 3.63) is 29.8 Å². The minimum atomic E-state index is 0.144. The second kappa shape index (κ2) is 5.05. The van der Waals surface area contributed by atoms with Crippen molar-refractivity contribution in [2.24, 2.45) is 11.8 Å². The fraction of sp³-hybridized carbons (Fsp3) is 0.400. The van der Waals surface area contributed by atoms with E-state index in [1.54, 1.807) is 0 Å². The molecule has 1 fully saturated rings. The highest BCUT2D eigenvalue weighted by atomic mass is 16.2. The Hall–Kier alpha value is -1.75. The van der Waals surface area contributed by atoms with Crippen LogP contribution in [0, 0.1) is 23.7 Å². The van der Waals surface area contributed by atoms with E-state index in [4.69, 9.17) is 0 Å². The van der Waals surface area contributed by atoms with Crippen molar-refractivity contribution in [1.29, 1.82) is 0 Å². The summed E-state index contributed by atoms with van der Waals surface area (Å²) in [7, 11) is 0. The van der Waals surface area contributed by atoms with Gasteiger partial charge in [0.15, 0.2) is 0 Å². The smallest absolute Gasteiger partial charge is 0.227 e. The standard InChI is InChI=1S/C15H17NO/c1-11(2)3-4-12-5-9-14(10-6-12)16-15(17)13-7-8-13/h5-6,9-11,13H,7-8H2,1-2H3,(H,16,17). The molecule has 0 bridgehead atoms. The first-order chi connectivity index (χ1) is 8.15. The molecule has 2 nitrogen and oxygen atoms in total. The van der Waals surface area contributed by atoms with E-state index in [0.29, 0.717) is 5.92 Å². The number of hydrogen-bond acceptors (Lipinski definition) is 1. The highest BCUT2D eigenvalue weighted by Crippen LogP contribution is 2.30. The molecule has 17 heavy (non-hydrogen) atoms. The van der Waals surface area contributed by atoms with Crippen molar-refractivity contribution >= 4 is 11.6 Å². The Morgan fingerprint density at radius 1 is 1.29 bits per heavy atom. The lowest BCUT2D eigenvalue weighted by molar-refractivity contribution is -0.117. The molecule has 1 aromatic carbocycles. The van der Waals surface area contributed by atoms with Gasteiger partial charge in [0.05, 0.1) is 0 Å². The Kier molecular flexibility index (Phi) is 3.49. The maximum Gasteiger partial charge on any atom is 0.227 e. The zero-order chi connectivity index (χ0) is 12.3. The first-order valence-corrected chi connectivity index (χ1v) is 6.07. The molecule has 0 aromatic heterocycles. The highest BCUT2D eigenvalue weighted by Gasteiger charge is 2.29. The Bertz CT molecular complexity index is 458. The van der Waals surface area contributed by atoms with Gasteiger partial charge in [0, 0.05) is 23.1 Å². The summed E-state index contributed by atoms with van der Waals surface area (Å²) < 4.78 is 0. The molecule has 0 unspecified atom stereocenters. The van der Waals surface area contributed by atoms with Crippen LogP contribution >= 0.6 is 0 Å². The average molecular weight is 227 g/mol. The van der Waals surface area contributed by atoms with E-state index in [1.165, 1.54) is 0 Å². The SMILES string of the molecule is CC(C)C#Cc1ccc(NC(=O)C2CC2)cc1. The minimum Gasteiger partial charge on any atom is -0.326 e. The van der Waals surface area contributed by atoms with E-state index in [2.05, 4.69) is 31.0 Å². The lowest BCUT2D eigenvalue weighted by Gasteiger charge is -2.03. The molecule has 88 valence electrons. The summed E-state index contributed by atoms with van der Waals surface area (Å²) in [5.74, 6) is 6.98. The van der Waals surface area contributed by atoms with Gasteiger partial charge in [-0.3, -0.25) is 4.79 Å². The monoisotopic (exact) mass is 227 g/mol. The van der Waals surface area contributed by atoms with Crippen molar-refractivity contribution in [3.63, 3.8) is 0 Å². The van der Waals surface area contributed by atoms with Crippen LogP contribution in [0.1, 0.15) is 32.3 Å². The molecule has 1 N–H and O–H groups in total. The summed E-state index contributed by atoms with van der Waals surface area (Å²) in [4.78, 5) is 11.5. The largest absolute Gasteiger partial charge is 0.326 e. The number of carbonyl (C=O) groups excluding carboxylic acids is 1. The number of benzene rings is 1. The van der Waals surface area contributed by atoms with Crippen LogP contribution < -0.4 is 5.32 Å². The number of hydrogen-bond donors (Lipinski definition) is 1. The van der Waals surface area contributed by atoms with Gasteiger partial charge >= 0.3 is 0 Å². The average Bonchev–Trinajstić information content (AvgIpc) is 3.12. The summed E-state index contributed by atoms with van der Waals surface area (Å²) in [6.45, 7) is 4.13. The van der Waals surface area contributed by atoms with E-state index >= 15 is 0 Å². The van der Waals surface area contributed by atoms with Gasteiger partial charge in [-0.15, -0.1) is 0 Å². The molecule has 0 aliphatic heterocycles. The van der Waals surface area contributed by atoms with Gasteiger partial charge in [0.1, 0.15) is 0 Å². The first-order valence-electron chi connectivity index (χ1n) is 6.07. The lowest BCUT2D eigenvalue weighted by Crippen LogP contribution is -2.12. The summed E-state index contributed by atoms with van der Waals surface area (Å²) in [6, 6.07) is 7.70. The van der Waals surface area contributed by atoms with Crippen LogP contribution in [0.2, 0.25) is 0 Å². The van der Waals surface area contributed by atoms with Crippen LogP contribution in [0.4, 0.5) is 5.69 Å². The molecule has 0 radical (unpaired) electrons. The molecule has 2 rings (SSSR count). The highest BCUT2D eigenvalue weighted by molar-refractivity contribution is 5.94. The number of amides is 1. The van der Waals surface area contributed by atoms with Gasteiger partial charge in [-0.2, -0.15) is 0 Å². The van der Waals surface area contributed by atoms with Gasteiger partial charge < -0.3 is 5.32 Å². The van der Waals surface area contributed by atoms with Crippen LogP contribution in [0.25, 0.3) is 0 Å². The predicted octanol–water partition coefficient (Wildman–Crippen LogP) is 3.04.